The van der Waals surface area contributed by atoms with Crippen molar-refractivity contribution in [3.05, 3.63) is 65.2 Å². The largest absolute Gasteiger partial charge is 0.386 e. The smallest absolute Gasteiger partial charge is 0.193 e. The molecule has 6 heteroatoms. The van der Waals surface area contributed by atoms with E-state index in [9.17, 15) is 5.11 Å². The molecule has 21 heavy (non-hydrogen) atoms. The van der Waals surface area contributed by atoms with Crippen LogP contribution in [0.5, 0.6) is 0 Å². The molecule has 0 aliphatic carbocycles. The highest BCUT2D eigenvalue weighted by atomic mass is 127. The van der Waals surface area contributed by atoms with Crippen LogP contribution in [-0.2, 0) is 0 Å². The molecule has 0 spiro atoms. The Morgan fingerprint density at radius 2 is 1.76 bits per heavy atom. The van der Waals surface area contributed by atoms with Gasteiger partial charge >= 0.3 is 0 Å². The molecule has 0 saturated heterocycles. The number of hydrogen-bond acceptors (Lipinski definition) is 2. The van der Waals surface area contributed by atoms with E-state index in [2.05, 4.69) is 10.3 Å². The monoisotopic (exact) mass is 417 g/mol. The van der Waals surface area contributed by atoms with Gasteiger partial charge in [0.05, 0.1) is 6.54 Å². The van der Waals surface area contributed by atoms with Crippen LogP contribution in [0.25, 0.3) is 0 Å². The molecule has 1 unspecified atom stereocenters. The minimum atomic E-state index is -0.778. The van der Waals surface area contributed by atoms with E-state index in [1.807, 2.05) is 42.5 Å². The third-order valence-corrected chi connectivity index (χ3v) is 3.09. The Bertz CT molecular complexity index is 592. The molecule has 0 aromatic heterocycles. The first-order valence-corrected chi connectivity index (χ1v) is 6.59. The second-order valence-electron chi connectivity index (χ2n) is 4.25. The molecule has 0 amide bonds. The quantitative estimate of drug-likeness (QED) is 0.405. The van der Waals surface area contributed by atoms with Crippen LogP contribution in [0, 0.1) is 0 Å². The summed E-state index contributed by atoms with van der Waals surface area (Å²) in [4.78, 5) is 4.11. The highest BCUT2D eigenvalue weighted by Crippen LogP contribution is 2.22. The highest BCUT2D eigenvalue weighted by molar-refractivity contribution is 14.0. The summed E-state index contributed by atoms with van der Waals surface area (Å²) in [7, 11) is 0. The van der Waals surface area contributed by atoms with Crippen molar-refractivity contribution >= 4 is 47.2 Å². The SMILES string of the molecule is I.NC(=NCC(O)c1ccccc1Cl)Nc1ccccc1. The van der Waals surface area contributed by atoms with E-state index < -0.39 is 6.10 Å². The Hall–Kier alpha value is -1.31. The molecule has 0 aliphatic rings. The summed E-state index contributed by atoms with van der Waals surface area (Å²) < 4.78 is 0. The number of anilines is 1. The number of hydrogen-bond donors (Lipinski definition) is 3. The number of para-hydroxylation sites is 1. The summed E-state index contributed by atoms with van der Waals surface area (Å²) in [6.07, 6.45) is -0.778. The first-order chi connectivity index (χ1) is 9.66. The molecule has 112 valence electrons. The van der Waals surface area contributed by atoms with Crippen LogP contribution in [0.3, 0.4) is 0 Å². The minimum absolute atomic E-state index is 0. The van der Waals surface area contributed by atoms with Gasteiger partial charge in [-0.2, -0.15) is 0 Å². The van der Waals surface area contributed by atoms with Crippen LogP contribution in [0.15, 0.2) is 59.6 Å². The molecule has 1 atom stereocenters. The van der Waals surface area contributed by atoms with E-state index in [1.54, 1.807) is 12.1 Å². The van der Waals surface area contributed by atoms with Crippen molar-refractivity contribution in [1.29, 1.82) is 0 Å². The molecule has 2 rings (SSSR count). The fourth-order valence-corrected chi connectivity index (χ4v) is 2.00. The maximum absolute atomic E-state index is 10.0. The zero-order chi connectivity index (χ0) is 14.4. The van der Waals surface area contributed by atoms with Gasteiger partial charge in [0.25, 0.3) is 0 Å². The number of aliphatic imine (C=N–C) groups is 1. The summed E-state index contributed by atoms with van der Waals surface area (Å²) in [5, 5.41) is 13.5. The van der Waals surface area contributed by atoms with Gasteiger partial charge in [0.1, 0.15) is 6.10 Å². The van der Waals surface area contributed by atoms with Crippen LogP contribution < -0.4 is 11.1 Å². The molecule has 0 bridgehead atoms. The van der Waals surface area contributed by atoms with E-state index in [4.69, 9.17) is 17.3 Å². The van der Waals surface area contributed by atoms with Crippen molar-refractivity contribution in [2.75, 3.05) is 11.9 Å². The lowest BCUT2D eigenvalue weighted by Crippen LogP contribution is -2.23. The fourth-order valence-electron chi connectivity index (χ4n) is 1.74. The number of aliphatic hydroxyl groups excluding tert-OH is 1. The Morgan fingerprint density at radius 3 is 2.43 bits per heavy atom. The van der Waals surface area contributed by atoms with Crippen LogP contribution in [0.4, 0.5) is 5.69 Å². The molecule has 2 aromatic rings. The molecule has 2 aromatic carbocycles. The van der Waals surface area contributed by atoms with Gasteiger partial charge in [-0.3, -0.25) is 4.99 Å². The summed E-state index contributed by atoms with van der Waals surface area (Å²) in [5.41, 5.74) is 7.26. The zero-order valence-corrected chi connectivity index (χ0v) is 14.3. The predicted molar refractivity (Wildman–Crippen MR) is 98.4 cm³/mol. The van der Waals surface area contributed by atoms with Crippen molar-refractivity contribution < 1.29 is 5.11 Å². The normalized spacial score (nSPS) is 12.4. The van der Waals surface area contributed by atoms with E-state index in [-0.39, 0.29) is 36.5 Å². The first-order valence-electron chi connectivity index (χ1n) is 6.21. The van der Waals surface area contributed by atoms with Crippen molar-refractivity contribution in [1.82, 2.24) is 0 Å². The number of nitrogens with two attached hydrogens (primary N) is 1. The molecule has 0 fully saturated rings. The van der Waals surface area contributed by atoms with E-state index in [1.165, 1.54) is 0 Å². The Balaban J connectivity index is 0.00000220. The van der Waals surface area contributed by atoms with Crippen LogP contribution in [0.1, 0.15) is 11.7 Å². The Labute approximate surface area is 146 Å². The molecule has 4 nitrogen and oxygen atoms in total. The van der Waals surface area contributed by atoms with E-state index >= 15 is 0 Å². The summed E-state index contributed by atoms with van der Waals surface area (Å²) in [5.74, 6) is 0.252. The van der Waals surface area contributed by atoms with Gasteiger partial charge in [0.2, 0.25) is 0 Å². The highest BCUT2D eigenvalue weighted by Gasteiger charge is 2.10. The fraction of sp³-hybridized carbons (Fsp3) is 0.133. The lowest BCUT2D eigenvalue weighted by atomic mass is 10.1. The number of benzene rings is 2. The van der Waals surface area contributed by atoms with Gasteiger partial charge in [0.15, 0.2) is 5.96 Å². The van der Waals surface area contributed by atoms with Gasteiger partial charge in [-0.25, -0.2) is 0 Å². The van der Waals surface area contributed by atoms with Gasteiger partial charge < -0.3 is 16.2 Å². The summed E-state index contributed by atoms with van der Waals surface area (Å²) in [6, 6.07) is 16.6. The molecular weight excluding hydrogens is 401 g/mol. The topological polar surface area (TPSA) is 70.6 Å². The van der Waals surface area contributed by atoms with Gasteiger partial charge in [-0.1, -0.05) is 48.0 Å². The van der Waals surface area contributed by atoms with Crippen molar-refractivity contribution in [3.8, 4) is 0 Å². The second-order valence-corrected chi connectivity index (χ2v) is 4.66. The molecule has 0 aliphatic heterocycles. The molecular formula is C15H17ClIN3O. The number of nitrogens with one attached hydrogen (secondary N) is 1. The van der Waals surface area contributed by atoms with E-state index in [0.717, 1.165) is 5.69 Å². The van der Waals surface area contributed by atoms with Crippen molar-refractivity contribution in [3.63, 3.8) is 0 Å². The number of guanidine groups is 1. The van der Waals surface area contributed by atoms with Crippen LogP contribution in [0.2, 0.25) is 5.02 Å². The maximum atomic E-state index is 10.0. The van der Waals surface area contributed by atoms with Gasteiger partial charge in [0, 0.05) is 16.3 Å². The van der Waals surface area contributed by atoms with Gasteiger partial charge in [-0.05, 0) is 18.2 Å². The third kappa shape index (κ3) is 5.53. The lowest BCUT2D eigenvalue weighted by Gasteiger charge is -2.11. The third-order valence-electron chi connectivity index (χ3n) is 2.74. The number of rotatable bonds is 4. The predicted octanol–water partition coefficient (Wildman–Crippen LogP) is 3.42. The number of halogens is 2. The Kier molecular flexibility index (Phi) is 7.49. The number of nitrogens with zero attached hydrogens (tertiary/aromatic N) is 1. The summed E-state index contributed by atoms with van der Waals surface area (Å²) in [6.45, 7) is 0.148. The average molecular weight is 418 g/mol. The standard InChI is InChI=1S/C15H16ClN3O.HI/c16-13-9-5-4-8-12(13)14(20)10-18-15(17)19-11-6-2-1-3-7-11;/h1-9,14,20H,10H2,(H3,17,18,19);1H. The number of aliphatic hydroxyl groups is 1. The second kappa shape index (κ2) is 8.86. The first kappa shape index (κ1) is 17.7. The van der Waals surface area contributed by atoms with Crippen molar-refractivity contribution in [2.45, 2.75) is 6.10 Å². The summed E-state index contributed by atoms with van der Waals surface area (Å²) >= 11 is 6.01. The molecule has 0 radical (unpaired) electrons. The zero-order valence-electron chi connectivity index (χ0n) is 11.2. The lowest BCUT2D eigenvalue weighted by molar-refractivity contribution is 0.187. The molecule has 4 N–H and O–H groups in total. The maximum Gasteiger partial charge on any atom is 0.193 e. The molecule has 0 saturated carbocycles. The van der Waals surface area contributed by atoms with Crippen LogP contribution in [-0.4, -0.2) is 17.6 Å². The van der Waals surface area contributed by atoms with E-state index in [0.29, 0.717) is 10.6 Å². The van der Waals surface area contributed by atoms with Crippen molar-refractivity contribution in [2.24, 2.45) is 10.7 Å². The molecule has 0 heterocycles. The van der Waals surface area contributed by atoms with Crippen LogP contribution >= 0.6 is 35.6 Å². The average Bonchev–Trinajstić information content (AvgIpc) is 2.46. The minimum Gasteiger partial charge on any atom is -0.386 e. The Morgan fingerprint density at radius 1 is 1.14 bits per heavy atom. The van der Waals surface area contributed by atoms with Gasteiger partial charge in [-0.15, -0.1) is 24.0 Å².